The summed E-state index contributed by atoms with van der Waals surface area (Å²) < 4.78 is 5.92. The number of hydrogen-bond donors (Lipinski definition) is 1. The fourth-order valence-corrected chi connectivity index (χ4v) is 2.45. The highest BCUT2D eigenvalue weighted by molar-refractivity contribution is 9.10. The van der Waals surface area contributed by atoms with Crippen LogP contribution in [0.1, 0.15) is 15.9 Å². The molecule has 1 amide bonds. The summed E-state index contributed by atoms with van der Waals surface area (Å²) in [6.07, 6.45) is 0. The second-order valence-corrected chi connectivity index (χ2v) is 5.61. The van der Waals surface area contributed by atoms with Crippen LogP contribution in [0.5, 0.6) is 5.75 Å². The molecule has 0 aliphatic rings. The molecule has 110 valence electrons. The van der Waals surface area contributed by atoms with Crippen LogP contribution in [-0.2, 0) is 6.54 Å². The van der Waals surface area contributed by atoms with E-state index in [1.807, 2.05) is 24.3 Å². The molecule has 0 spiro atoms. The van der Waals surface area contributed by atoms with Gasteiger partial charge in [-0.3, -0.25) is 4.79 Å². The van der Waals surface area contributed by atoms with Crippen molar-refractivity contribution < 1.29 is 9.53 Å². The minimum absolute atomic E-state index is 0.0861. The molecule has 5 heteroatoms. The zero-order chi connectivity index (χ0) is 15.4. The molecule has 0 saturated carbocycles. The number of benzene rings is 2. The molecular formula is C16H17BrN2O2. The first-order valence-corrected chi connectivity index (χ1v) is 7.24. The molecule has 2 aromatic carbocycles. The molecule has 2 rings (SSSR count). The van der Waals surface area contributed by atoms with Crippen LogP contribution in [0.25, 0.3) is 0 Å². The van der Waals surface area contributed by atoms with Gasteiger partial charge in [0.05, 0.1) is 12.7 Å². The molecule has 0 aliphatic heterocycles. The maximum absolute atomic E-state index is 12.5. The number of nitrogens with two attached hydrogens (primary N) is 1. The van der Waals surface area contributed by atoms with Crippen molar-refractivity contribution in [3.8, 4) is 5.75 Å². The zero-order valence-corrected chi connectivity index (χ0v) is 13.6. The molecular weight excluding hydrogens is 332 g/mol. The first-order chi connectivity index (χ1) is 10.0. The van der Waals surface area contributed by atoms with Crippen molar-refractivity contribution in [2.75, 3.05) is 19.9 Å². The number of rotatable bonds is 4. The Hall–Kier alpha value is -2.01. The molecule has 0 aliphatic carbocycles. The average Bonchev–Trinajstić information content (AvgIpc) is 2.49. The summed E-state index contributed by atoms with van der Waals surface area (Å²) in [5.74, 6) is 0.690. The van der Waals surface area contributed by atoms with Crippen molar-refractivity contribution in [2.45, 2.75) is 6.54 Å². The van der Waals surface area contributed by atoms with Gasteiger partial charge in [0.25, 0.3) is 5.91 Å². The molecule has 0 bridgehead atoms. The van der Waals surface area contributed by atoms with Crippen LogP contribution in [0.2, 0.25) is 0 Å². The van der Waals surface area contributed by atoms with Gasteiger partial charge in [-0.2, -0.15) is 0 Å². The van der Waals surface area contributed by atoms with Gasteiger partial charge in [0.15, 0.2) is 0 Å². The Labute approximate surface area is 132 Å². The molecule has 2 N–H and O–H groups in total. The van der Waals surface area contributed by atoms with Crippen LogP contribution in [-0.4, -0.2) is 25.0 Å². The number of nitrogen functional groups attached to an aromatic ring is 1. The third kappa shape index (κ3) is 3.76. The monoisotopic (exact) mass is 348 g/mol. The van der Waals surface area contributed by atoms with Crippen LogP contribution in [0.4, 0.5) is 5.69 Å². The summed E-state index contributed by atoms with van der Waals surface area (Å²) in [6.45, 7) is 0.497. The second kappa shape index (κ2) is 6.63. The van der Waals surface area contributed by atoms with E-state index in [2.05, 4.69) is 15.9 Å². The number of methoxy groups -OCH3 is 1. The molecule has 0 saturated heterocycles. The average molecular weight is 349 g/mol. The lowest BCUT2D eigenvalue weighted by molar-refractivity contribution is 0.0784. The van der Waals surface area contributed by atoms with Gasteiger partial charge in [0.2, 0.25) is 0 Å². The minimum atomic E-state index is -0.0861. The van der Waals surface area contributed by atoms with E-state index in [1.54, 1.807) is 37.3 Å². The Morgan fingerprint density at radius 2 is 2.05 bits per heavy atom. The van der Waals surface area contributed by atoms with Crippen LogP contribution < -0.4 is 10.5 Å². The maximum atomic E-state index is 12.5. The van der Waals surface area contributed by atoms with Crippen molar-refractivity contribution in [3.05, 3.63) is 58.1 Å². The number of anilines is 1. The highest BCUT2D eigenvalue weighted by Crippen LogP contribution is 2.22. The van der Waals surface area contributed by atoms with Crippen molar-refractivity contribution in [1.29, 1.82) is 0 Å². The van der Waals surface area contributed by atoms with Gasteiger partial charge in [-0.1, -0.05) is 12.1 Å². The summed E-state index contributed by atoms with van der Waals surface area (Å²) in [5.41, 5.74) is 7.87. The van der Waals surface area contributed by atoms with Gasteiger partial charge >= 0.3 is 0 Å². The summed E-state index contributed by atoms with van der Waals surface area (Å²) in [4.78, 5) is 14.1. The van der Waals surface area contributed by atoms with Gasteiger partial charge in [0.1, 0.15) is 5.75 Å². The standard InChI is InChI=1S/C16H17BrN2O2/c1-19(10-11-4-3-5-13(8-11)21-2)16(20)14-9-12(18)6-7-15(14)17/h3-9H,10,18H2,1-2H3. The van der Waals surface area contributed by atoms with Gasteiger partial charge in [-0.25, -0.2) is 0 Å². The van der Waals surface area contributed by atoms with E-state index >= 15 is 0 Å². The van der Waals surface area contributed by atoms with E-state index in [0.29, 0.717) is 17.8 Å². The highest BCUT2D eigenvalue weighted by atomic mass is 79.9. The molecule has 0 unspecified atom stereocenters. The second-order valence-electron chi connectivity index (χ2n) is 4.75. The number of halogens is 1. The Morgan fingerprint density at radius 1 is 1.29 bits per heavy atom. The Morgan fingerprint density at radius 3 is 2.76 bits per heavy atom. The molecule has 21 heavy (non-hydrogen) atoms. The van der Waals surface area contributed by atoms with E-state index in [0.717, 1.165) is 15.8 Å². The fourth-order valence-electron chi connectivity index (χ4n) is 2.03. The van der Waals surface area contributed by atoms with E-state index in [4.69, 9.17) is 10.5 Å². The zero-order valence-electron chi connectivity index (χ0n) is 12.0. The number of ether oxygens (including phenoxy) is 1. The van der Waals surface area contributed by atoms with E-state index in [9.17, 15) is 4.79 Å². The smallest absolute Gasteiger partial charge is 0.255 e. The van der Waals surface area contributed by atoms with Crippen molar-refractivity contribution in [3.63, 3.8) is 0 Å². The fraction of sp³-hybridized carbons (Fsp3) is 0.188. The number of carbonyl (C=O) groups excluding carboxylic acids is 1. The predicted molar refractivity (Wildman–Crippen MR) is 87.3 cm³/mol. The van der Waals surface area contributed by atoms with Gasteiger partial charge < -0.3 is 15.4 Å². The molecule has 2 aromatic rings. The first kappa shape index (κ1) is 15.4. The third-order valence-electron chi connectivity index (χ3n) is 3.12. The lowest BCUT2D eigenvalue weighted by Crippen LogP contribution is -2.26. The van der Waals surface area contributed by atoms with Gasteiger partial charge in [-0.15, -0.1) is 0 Å². The van der Waals surface area contributed by atoms with Crippen LogP contribution in [0.15, 0.2) is 46.9 Å². The van der Waals surface area contributed by atoms with E-state index in [-0.39, 0.29) is 5.91 Å². The van der Waals surface area contributed by atoms with Crippen molar-refractivity contribution >= 4 is 27.5 Å². The quantitative estimate of drug-likeness (QED) is 0.862. The summed E-state index contributed by atoms with van der Waals surface area (Å²) in [6, 6.07) is 12.9. The summed E-state index contributed by atoms with van der Waals surface area (Å²) in [5, 5.41) is 0. The van der Waals surface area contributed by atoms with Crippen LogP contribution in [0, 0.1) is 0 Å². The Bertz CT molecular complexity index is 658. The van der Waals surface area contributed by atoms with Gasteiger partial charge in [0, 0.05) is 23.8 Å². The normalized spacial score (nSPS) is 10.2. The Kier molecular flexibility index (Phi) is 4.85. The summed E-state index contributed by atoms with van der Waals surface area (Å²) >= 11 is 3.38. The van der Waals surface area contributed by atoms with Crippen LogP contribution >= 0.6 is 15.9 Å². The molecule has 0 aromatic heterocycles. The van der Waals surface area contributed by atoms with Crippen LogP contribution in [0.3, 0.4) is 0 Å². The number of nitrogens with zero attached hydrogens (tertiary/aromatic N) is 1. The minimum Gasteiger partial charge on any atom is -0.497 e. The first-order valence-electron chi connectivity index (χ1n) is 6.44. The lowest BCUT2D eigenvalue weighted by Gasteiger charge is -2.18. The lowest BCUT2D eigenvalue weighted by atomic mass is 10.1. The molecule has 0 fully saturated rings. The number of carbonyl (C=O) groups is 1. The molecule has 0 atom stereocenters. The Balaban J connectivity index is 2.17. The largest absolute Gasteiger partial charge is 0.497 e. The topological polar surface area (TPSA) is 55.6 Å². The number of hydrogen-bond acceptors (Lipinski definition) is 3. The maximum Gasteiger partial charge on any atom is 0.255 e. The van der Waals surface area contributed by atoms with E-state index < -0.39 is 0 Å². The predicted octanol–water partition coefficient (Wildman–Crippen LogP) is 3.31. The van der Waals surface area contributed by atoms with Crippen molar-refractivity contribution in [2.24, 2.45) is 0 Å². The number of amides is 1. The highest BCUT2D eigenvalue weighted by Gasteiger charge is 2.15. The molecule has 4 nitrogen and oxygen atoms in total. The van der Waals surface area contributed by atoms with Crippen molar-refractivity contribution in [1.82, 2.24) is 4.90 Å². The third-order valence-corrected chi connectivity index (χ3v) is 3.81. The molecule has 0 heterocycles. The van der Waals surface area contributed by atoms with Gasteiger partial charge in [-0.05, 0) is 51.8 Å². The summed E-state index contributed by atoms with van der Waals surface area (Å²) in [7, 11) is 3.38. The van der Waals surface area contributed by atoms with E-state index in [1.165, 1.54) is 0 Å². The molecule has 0 radical (unpaired) electrons. The SMILES string of the molecule is COc1cccc(CN(C)C(=O)c2cc(N)ccc2Br)c1.